The summed E-state index contributed by atoms with van der Waals surface area (Å²) in [6.45, 7) is 0.459. The lowest BCUT2D eigenvalue weighted by Crippen LogP contribution is -2.39. The highest BCUT2D eigenvalue weighted by Gasteiger charge is 2.30. The molecule has 1 fully saturated rings. The Balaban J connectivity index is 2.17. The first-order valence-corrected chi connectivity index (χ1v) is 8.89. The topological polar surface area (TPSA) is 137 Å². The number of hydrogen-bond acceptors (Lipinski definition) is 7. The summed E-state index contributed by atoms with van der Waals surface area (Å²) in [6, 6.07) is 2.20. The first-order valence-electron chi connectivity index (χ1n) is 8.89. The number of benzene rings is 1. The molecule has 0 aromatic heterocycles. The minimum atomic E-state index is -0.839. The number of amides is 1. The van der Waals surface area contributed by atoms with Crippen LogP contribution in [0.4, 0.5) is 5.69 Å². The number of nitrogens with one attached hydrogen (secondary N) is 1. The quantitative estimate of drug-likeness (QED) is 0.367. The SMILES string of the molecule is COCCOc1cc([N+](=O)[O-])c(C(=O)NC2CCC(C(=O)O)CC2)cc1OC. The van der Waals surface area contributed by atoms with Gasteiger partial charge in [-0.3, -0.25) is 19.7 Å². The van der Waals surface area contributed by atoms with Gasteiger partial charge in [0.2, 0.25) is 0 Å². The minimum absolute atomic E-state index is 0.138. The van der Waals surface area contributed by atoms with Crippen LogP contribution < -0.4 is 14.8 Å². The average Bonchev–Trinajstić information content (AvgIpc) is 2.68. The summed E-state index contributed by atoms with van der Waals surface area (Å²) in [4.78, 5) is 34.5. The summed E-state index contributed by atoms with van der Waals surface area (Å²) in [5.74, 6) is -1.52. The van der Waals surface area contributed by atoms with Crippen LogP contribution in [0, 0.1) is 16.0 Å². The Morgan fingerprint density at radius 3 is 2.39 bits per heavy atom. The van der Waals surface area contributed by atoms with E-state index in [1.165, 1.54) is 20.3 Å². The van der Waals surface area contributed by atoms with Gasteiger partial charge >= 0.3 is 5.97 Å². The number of hydrogen-bond donors (Lipinski definition) is 2. The first-order chi connectivity index (χ1) is 13.4. The molecule has 1 amide bonds. The zero-order chi connectivity index (χ0) is 20.7. The van der Waals surface area contributed by atoms with Gasteiger partial charge in [0.15, 0.2) is 11.5 Å². The number of nitro groups is 1. The number of rotatable bonds is 9. The van der Waals surface area contributed by atoms with E-state index in [1.807, 2.05) is 0 Å². The monoisotopic (exact) mass is 396 g/mol. The number of nitrogens with zero attached hydrogens (tertiary/aromatic N) is 1. The van der Waals surface area contributed by atoms with Crippen LogP contribution in [-0.4, -0.2) is 55.4 Å². The molecule has 0 radical (unpaired) electrons. The lowest BCUT2D eigenvalue weighted by molar-refractivity contribution is -0.385. The van der Waals surface area contributed by atoms with Crippen molar-refractivity contribution in [1.82, 2.24) is 5.32 Å². The van der Waals surface area contributed by atoms with E-state index in [1.54, 1.807) is 0 Å². The fourth-order valence-corrected chi connectivity index (χ4v) is 3.14. The lowest BCUT2D eigenvalue weighted by Gasteiger charge is -2.26. The van der Waals surface area contributed by atoms with Gasteiger partial charge in [-0.15, -0.1) is 0 Å². The molecule has 1 aromatic rings. The van der Waals surface area contributed by atoms with Gasteiger partial charge in [0.1, 0.15) is 12.2 Å². The summed E-state index contributed by atoms with van der Waals surface area (Å²) in [5.41, 5.74) is -0.536. The number of methoxy groups -OCH3 is 2. The van der Waals surface area contributed by atoms with E-state index in [0.29, 0.717) is 25.7 Å². The number of carbonyl (C=O) groups excluding carboxylic acids is 1. The van der Waals surface area contributed by atoms with Crippen LogP contribution in [0.1, 0.15) is 36.0 Å². The molecule has 0 saturated heterocycles. The molecule has 0 aliphatic heterocycles. The highest BCUT2D eigenvalue weighted by atomic mass is 16.6. The van der Waals surface area contributed by atoms with Crippen LogP contribution in [0.5, 0.6) is 11.5 Å². The molecule has 10 heteroatoms. The maximum absolute atomic E-state index is 12.6. The summed E-state index contributed by atoms with van der Waals surface area (Å²) in [5, 5.41) is 23.3. The van der Waals surface area contributed by atoms with Gasteiger partial charge in [0.25, 0.3) is 11.6 Å². The Morgan fingerprint density at radius 1 is 1.18 bits per heavy atom. The van der Waals surface area contributed by atoms with E-state index in [2.05, 4.69) is 5.32 Å². The van der Waals surface area contributed by atoms with Gasteiger partial charge in [-0.05, 0) is 25.7 Å². The van der Waals surface area contributed by atoms with Gasteiger partial charge in [-0.1, -0.05) is 0 Å². The Hall–Kier alpha value is -2.88. The number of aliphatic carboxylic acids is 1. The van der Waals surface area contributed by atoms with Gasteiger partial charge in [-0.25, -0.2) is 0 Å². The minimum Gasteiger partial charge on any atom is -0.493 e. The highest BCUT2D eigenvalue weighted by Crippen LogP contribution is 2.35. The van der Waals surface area contributed by atoms with Crippen molar-refractivity contribution in [2.75, 3.05) is 27.4 Å². The van der Waals surface area contributed by atoms with Gasteiger partial charge < -0.3 is 24.6 Å². The predicted octanol–water partition coefficient (Wildman–Crippen LogP) is 2.00. The second kappa shape index (κ2) is 9.88. The number of ether oxygens (including phenoxy) is 3. The van der Waals surface area contributed by atoms with Crippen molar-refractivity contribution in [3.63, 3.8) is 0 Å². The maximum Gasteiger partial charge on any atom is 0.306 e. The third-order valence-electron chi connectivity index (χ3n) is 4.68. The van der Waals surface area contributed by atoms with Gasteiger partial charge in [0, 0.05) is 19.2 Å². The largest absolute Gasteiger partial charge is 0.493 e. The average molecular weight is 396 g/mol. The third kappa shape index (κ3) is 5.32. The maximum atomic E-state index is 12.6. The number of carboxylic acid groups (broad SMARTS) is 1. The molecule has 1 aliphatic rings. The van der Waals surface area contributed by atoms with E-state index in [4.69, 9.17) is 19.3 Å². The van der Waals surface area contributed by atoms with E-state index in [0.717, 1.165) is 6.07 Å². The van der Waals surface area contributed by atoms with E-state index < -0.39 is 28.4 Å². The van der Waals surface area contributed by atoms with E-state index in [9.17, 15) is 19.7 Å². The molecule has 1 aromatic carbocycles. The van der Waals surface area contributed by atoms with Crippen LogP contribution in [0.15, 0.2) is 12.1 Å². The van der Waals surface area contributed by atoms with Gasteiger partial charge in [0.05, 0.1) is 30.6 Å². The van der Waals surface area contributed by atoms with Crippen LogP contribution in [-0.2, 0) is 9.53 Å². The number of carboxylic acids is 1. The Bertz CT molecular complexity index is 729. The molecule has 2 rings (SSSR count). The van der Waals surface area contributed by atoms with Crippen molar-refractivity contribution >= 4 is 17.6 Å². The number of carbonyl (C=O) groups is 2. The summed E-state index contributed by atoms with van der Waals surface area (Å²) < 4.78 is 15.5. The third-order valence-corrected chi connectivity index (χ3v) is 4.68. The molecule has 0 spiro atoms. The molecule has 1 aliphatic carbocycles. The Morgan fingerprint density at radius 2 is 1.86 bits per heavy atom. The van der Waals surface area contributed by atoms with Crippen LogP contribution in [0.25, 0.3) is 0 Å². The van der Waals surface area contributed by atoms with Crippen molar-refractivity contribution < 1.29 is 33.8 Å². The number of nitro benzene ring substituents is 1. The molecule has 10 nitrogen and oxygen atoms in total. The van der Waals surface area contributed by atoms with Crippen LogP contribution >= 0.6 is 0 Å². The zero-order valence-electron chi connectivity index (χ0n) is 15.8. The molecule has 28 heavy (non-hydrogen) atoms. The van der Waals surface area contributed by atoms with Crippen molar-refractivity contribution in [1.29, 1.82) is 0 Å². The van der Waals surface area contributed by atoms with E-state index in [-0.39, 0.29) is 36.3 Å². The van der Waals surface area contributed by atoms with Crippen molar-refractivity contribution in [2.45, 2.75) is 31.7 Å². The normalized spacial score (nSPS) is 18.9. The second-order valence-corrected chi connectivity index (χ2v) is 6.48. The summed E-state index contributed by atoms with van der Waals surface area (Å²) >= 11 is 0. The predicted molar refractivity (Wildman–Crippen MR) is 97.9 cm³/mol. The lowest BCUT2D eigenvalue weighted by atomic mass is 9.86. The molecular formula is C18H24N2O8. The van der Waals surface area contributed by atoms with Crippen LogP contribution in [0.2, 0.25) is 0 Å². The van der Waals surface area contributed by atoms with Crippen LogP contribution in [0.3, 0.4) is 0 Å². The molecule has 1 saturated carbocycles. The molecule has 0 heterocycles. The standard InChI is InChI=1S/C18H24N2O8/c1-26-7-8-28-16-10-14(20(24)25)13(9-15(16)27-2)17(21)19-12-5-3-11(4-6-12)18(22)23/h9-12H,3-8H2,1-2H3,(H,19,21)(H,22,23). The second-order valence-electron chi connectivity index (χ2n) is 6.48. The molecule has 0 unspecified atom stereocenters. The smallest absolute Gasteiger partial charge is 0.306 e. The molecule has 0 atom stereocenters. The van der Waals surface area contributed by atoms with Crippen molar-refractivity contribution in [2.24, 2.45) is 5.92 Å². The highest BCUT2D eigenvalue weighted by molar-refractivity contribution is 5.99. The van der Waals surface area contributed by atoms with E-state index >= 15 is 0 Å². The van der Waals surface area contributed by atoms with Crippen molar-refractivity contribution in [3.8, 4) is 11.5 Å². The fourth-order valence-electron chi connectivity index (χ4n) is 3.14. The summed E-state index contributed by atoms with van der Waals surface area (Å²) in [7, 11) is 2.87. The molecular weight excluding hydrogens is 372 g/mol. The Kier molecular flexibility index (Phi) is 7.56. The Labute approximate surface area is 161 Å². The van der Waals surface area contributed by atoms with Gasteiger partial charge in [-0.2, -0.15) is 0 Å². The molecule has 154 valence electrons. The fraction of sp³-hybridized carbons (Fsp3) is 0.556. The molecule has 0 bridgehead atoms. The zero-order valence-corrected chi connectivity index (χ0v) is 15.8. The first kappa shape index (κ1) is 21.4. The summed E-state index contributed by atoms with van der Waals surface area (Å²) in [6.07, 6.45) is 1.92. The molecule has 2 N–H and O–H groups in total. The van der Waals surface area contributed by atoms with Crippen molar-refractivity contribution in [3.05, 3.63) is 27.8 Å².